The number of nitriles is 1. The van der Waals surface area contributed by atoms with Crippen molar-refractivity contribution in [3.05, 3.63) is 35.4 Å². The molecule has 1 heterocycles. The van der Waals surface area contributed by atoms with Gasteiger partial charge in [-0.2, -0.15) is 5.26 Å². The van der Waals surface area contributed by atoms with Gasteiger partial charge in [0.25, 0.3) is 5.24 Å². The molecule has 1 aliphatic heterocycles. The third kappa shape index (κ3) is 3.52. The molecule has 1 fully saturated rings. The molecule has 5 nitrogen and oxygen atoms in total. The van der Waals surface area contributed by atoms with E-state index >= 15 is 0 Å². The number of nitrogens with one attached hydrogen (secondary N) is 1. The van der Waals surface area contributed by atoms with Crippen LogP contribution in [0.2, 0.25) is 0 Å². The summed E-state index contributed by atoms with van der Waals surface area (Å²) >= 11 is 1.24. The Labute approximate surface area is 121 Å². The van der Waals surface area contributed by atoms with Gasteiger partial charge in [0, 0.05) is 12.3 Å². The molecule has 1 N–H and O–H groups in total. The highest BCUT2D eigenvalue weighted by atomic mass is 32.2. The van der Waals surface area contributed by atoms with Gasteiger partial charge in [0.15, 0.2) is 0 Å². The summed E-state index contributed by atoms with van der Waals surface area (Å²) in [6.07, 6.45) is 0. The van der Waals surface area contributed by atoms with E-state index in [0.717, 1.165) is 11.3 Å². The first-order chi connectivity index (χ1) is 9.60. The highest BCUT2D eigenvalue weighted by Gasteiger charge is 2.23. The third-order valence-electron chi connectivity index (χ3n) is 3.10. The molecular formula is C14H15N3O2S. The summed E-state index contributed by atoms with van der Waals surface area (Å²) in [6, 6.07) is 8.98. The molecule has 0 saturated carbocycles. The van der Waals surface area contributed by atoms with E-state index in [4.69, 9.17) is 5.26 Å². The Balaban J connectivity index is 1.89. The molecule has 0 bridgehead atoms. The normalized spacial score (nSPS) is 15.8. The lowest BCUT2D eigenvalue weighted by Gasteiger charge is -2.18. The van der Waals surface area contributed by atoms with Gasteiger partial charge in [-0.3, -0.25) is 9.59 Å². The molecule has 1 aliphatic rings. The Bertz CT molecular complexity index is 551. The molecule has 1 aromatic carbocycles. The summed E-state index contributed by atoms with van der Waals surface area (Å²) < 4.78 is 0. The first-order valence-electron chi connectivity index (χ1n) is 6.31. The molecule has 0 aromatic heterocycles. The lowest BCUT2D eigenvalue weighted by Crippen LogP contribution is -2.38. The monoisotopic (exact) mass is 289 g/mol. The standard InChI is InChI=1S/C14H15N3O2S/c1-10(12-4-2-11(8-15)3-5-12)16-13(18)9-17-6-7-20-14(17)19/h2-5,10H,6-7,9H2,1H3,(H,16,18). The Kier molecular flexibility index (Phi) is 4.64. The molecule has 0 aliphatic carbocycles. The zero-order valence-electron chi connectivity index (χ0n) is 11.1. The minimum Gasteiger partial charge on any atom is -0.348 e. The van der Waals surface area contributed by atoms with Crippen molar-refractivity contribution in [2.75, 3.05) is 18.8 Å². The summed E-state index contributed by atoms with van der Waals surface area (Å²) in [6.45, 7) is 2.61. The first kappa shape index (κ1) is 14.4. The second-order valence-electron chi connectivity index (χ2n) is 4.56. The van der Waals surface area contributed by atoms with Crippen molar-refractivity contribution in [2.24, 2.45) is 0 Å². The SMILES string of the molecule is CC(NC(=O)CN1CCSC1=O)c1ccc(C#N)cc1. The molecule has 1 aromatic rings. The summed E-state index contributed by atoms with van der Waals surface area (Å²) in [5.74, 6) is 0.579. The lowest BCUT2D eigenvalue weighted by molar-refractivity contribution is -0.122. The predicted octanol–water partition coefficient (Wildman–Crippen LogP) is 1.90. The minimum absolute atomic E-state index is 0.0359. The van der Waals surface area contributed by atoms with Gasteiger partial charge < -0.3 is 10.2 Å². The molecule has 0 radical (unpaired) electrons. The van der Waals surface area contributed by atoms with Crippen LogP contribution in [-0.2, 0) is 4.79 Å². The van der Waals surface area contributed by atoms with Gasteiger partial charge in [0.05, 0.1) is 17.7 Å². The van der Waals surface area contributed by atoms with Gasteiger partial charge in [-0.25, -0.2) is 0 Å². The van der Waals surface area contributed by atoms with Crippen molar-refractivity contribution < 1.29 is 9.59 Å². The lowest BCUT2D eigenvalue weighted by atomic mass is 10.1. The molecule has 2 amide bonds. The van der Waals surface area contributed by atoms with Crippen molar-refractivity contribution in [3.63, 3.8) is 0 Å². The second kappa shape index (κ2) is 6.44. The topological polar surface area (TPSA) is 73.2 Å². The molecule has 104 valence electrons. The van der Waals surface area contributed by atoms with Crippen LogP contribution in [-0.4, -0.2) is 34.9 Å². The van der Waals surface area contributed by atoms with E-state index in [1.165, 1.54) is 11.8 Å². The molecule has 1 atom stereocenters. The number of carbonyl (C=O) groups is 2. The number of thioether (sulfide) groups is 1. The largest absolute Gasteiger partial charge is 0.348 e. The zero-order valence-corrected chi connectivity index (χ0v) is 11.9. The van der Waals surface area contributed by atoms with Gasteiger partial charge in [-0.15, -0.1) is 0 Å². The molecule has 6 heteroatoms. The smallest absolute Gasteiger partial charge is 0.282 e. The number of carbonyl (C=O) groups excluding carboxylic acids is 2. The van der Waals surface area contributed by atoms with Crippen molar-refractivity contribution in [1.82, 2.24) is 10.2 Å². The Morgan fingerprint density at radius 2 is 2.20 bits per heavy atom. The minimum atomic E-state index is -0.169. The first-order valence-corrected chi connectivity index (χ1v) is 7.30. The summed E-state index contributed by atoms with van der Waals surface area (Å²) in [7, 11) is 0. The average Bonchev–Trinajstić information content (AvgIpc) is 2.84. The van der Waals surface area contributed by atoms with Crippen molar-refractivity contribution >= 4 is 22.9 Å². The summed E-state index contributed by atoms with van der Waals surface area (Å²) in [5, 5.41) is 11.6. The highest BCUT2D eigenvalue weighted by molar-refractivity contribution is 8.13. The molecule has 1 saturated heterocycles. The number of rotatable bonds is 4. The van der Waals surface area contributed by atoms with Crippen LogP contribution in [0.1, 0.15) is 24.1 Å². The maximum atomic E-state index is 11.9. The van der Waals surface area contributed by atoms with Crippen LogP contribution in [0.25, 0.3) is 0 Å². The van der Waals surface area contributed by atoms with Crippen LogP contribution in [0.15, 0.2) is 24.3 Å². The van der Waals surface area contributed by atoms with Crippen molar-refractivity contribution in [3.8, 4) is 6.07 Å². The van der Waals surface area contributed by atoms with Gasteiger partial charge in [-0.1, -0.05) is 23.9 Å². The molecule has 2 rings (SSSR count). The highest BCUT2D eigenvalue weighted by Crippen LogP contribution is 2.17. The number of amides is 2. The van der Waals surface area contributed by atoms with Crippen LogP contribution < -0.4 is 5.32 Å². The van der Waals surface area contributed by atoms with E-state index < -0.39 is 0 Å². The number of hydrogen-bond donors (Lipinski definition) is 1. The van der Waals surface area contributed by atoms with E-state index in [1.807, 2.05) is 19.1 Å². The van der Waals surface area contributed by atoms with Crippen LogP contribution in [0, 0.1) is 11.3 Å². The van der Waals surface area contributed by atoms with E-state index in [2.05, 4.69) is 11.4 Å². The Hall–Kier alpha value is -2.00. The zero-order chi connectivity index (χ0) is 14.5. The maximum Gasteiger partial charge on any atom is 0.282 e. The summed E-state index contributed by atoms with van der Waals surface area (Å²) in [5.41, 5.74) is 1.52. The van der Waals surface area contributed by atoms with E-state index in [9.17, 15) is 9.59 Å². The number of hydrogen-bond acceptors (Lipinski definition) is 4. The molecule has 20 heavy (non-hydrogen) atoms. The van der Waals surface area contributed by atoms with E-state index in [0.29, 0.717) is 12.1 Å². The number of benzene rings is 1. The van der Waals surface area contributed by atoms with Crippen LogP contribution in [0.4, 0.5) is 4.79 Å². The molecular weight excluding hydrogens is 274 g/mol. The van der Waals surface area contributed by atoms with Crippen LogP contribution in [0.5, 0.6) is 0 Å². The van der Waals surface area contributed by atoms with Gasteiger partial charge in [0.2, 0.25) is 5.91 Å². The van der Waals surface area contributed by atoms with Gasteiger partial charge >= 0.3 is 0 Å². The number of nitrogens with zero attached hydrogens (tertiary/aromatic N) is 2. The van der Waals surface area contributed by atoms with Crippen LogP contribution in [0.3, 0.4) is 0 Å². The summed E-state index contributed by atoms with van der Waals surface area (Å²) in [4.78, 5) is 24.8. The Morgan fingerprint density at radius 3 is 2.75 bits per heavy atom. The van der Waals surface area contributed by atoms with Gasteiger partial charge in [-0.05, 0) is 24.6 Å². The average molecular weight is 289 g/mol. The van der Waals surface area contributed by atoms with E-state index in [1.54, 1.807) is 17.0 Å². The maximum absolute atomic E-state index is 11.9. The van der Waals surface area contributed by atoms with E-state index in [-0.39, 0.29) is 23.7 Å². The fourth-order valence-corrected chi connectivity index (χ4v) is 2.78. The fourth-order valence-electron chi connectivity index (χ4n) is 1.96. The predicted molar refractivity (Wildman–Crippen MR) is 77.1 cm³/mol. The molecule has 1 unspecified atom stereocenters. The quantitative estimate of drug-likeness (QED) is 0.919. The van der Waals surface area contributed by atoms with Crippen LogP contribution >= 0.6 is 11.8 Å². The Morgan fingerprint density at radius 1 is 1.50 bits per heavy atom. The fraction of sp³-hybridized carbons (Fsp3) is 0.357. The van der Waals surface area contributed by atoms with Crippen molar-refractivity contribution in [1.29, 1.82) is 5.26 Å². The van der Waals surface area contributed by atoms with Crippen molar-refractivity contribution in [2.45, 2.75) is 13.0 Å². The third-order valence-corrected chi connectivity index (χ3v) is 3.99. The second-order valence-corrected chi connectivity index (χ2v) is 5.61. The molecule has 0 spiro atoms. The van der Waals surface area contributed by atoms with Gasteiger partial charge in [0.1, 0.15) is 6.54 Å².